The molecule has 0 unspecified atom stereocenters. The molecule has 10 N–H and O–H groups in total. The van der Waals surface area contributed by atoms with Crippen molar-refractivity contribution in [3.8, 4) is 35.5 Å². The van der Waals surface area contributed by atoms with Gasteiger partial charge in [0.25, 0.3) is 11.8 Å². The minimum absolute atomic E-state index is 0. The van der Waals surface area contributed by atoms with Crippen LogP contribution in [0.1, 0.15) is 230 Å². The van der Waals surface area contributed by atoms with E-state index in [1.54, 1.807) is 80.6 Å². The topological polar surface area (TPSA) is 396 Å². The Morgan fingerprint density at radius 3 is 0.925 bits per heavy atom. The number of rotatable bonds is 24. The van der Waals surface area contributed by atoms with Crippen LogP contribution in [0.15, 0.2) is 176 Å². The predicted molar refractivity (Wildman–Crippen MR) is 573 cm³/mol. The molecule has 8 aromatic rings. The molecule has 0 spiro atoms. The number of nitrogens with two attached hydrogens (primary N) is 1. The number of aliphatic hydroxyl groups is 4. The zero-order valence-corrected chi connectivity index (χ0v) is 89.5. The summed E-state index contributed by atoms with van der Waals surface area (Å²) in [5, 5.41) is 82.9. The number of aldehydes is 1. The van der Waals surface area contributed by atoms with Crippen LogP contribution in [0.2, 0.25) is 15.1 Å². The maximum absolute atomic E-state index is 13.1. The molecule has 0 atom stereocenters. The Morgan fingerprint density at radius 1 is 0.411 bits per heavy atom. The van der Waals surface area contributed by atoms with Gasteiger partial charge >= 0.3 is 17.9 Å². The second-order valence-corrected chi connectivity index (χ2v) is 43.3. The van der Waals surface area contributed by atoms with Gasteiger partial charge in [0.1, 0.15) is 65.9 Å². The first kappa shape index (κ1) is 118. The standard InChI is InChI=1S/C28H34ClN3O3.C28H32ClN3O3.C15H19ClN2O.C15H21NO3.C13H17NO3.C9H9FO2.C6H13NO.ClH/c2*1-27(2)25(28(3,4)26(27)35-22-10-7-20(16-30)23(29)15-22)31-24(34)19-5-8-21(9-6-19)32-13-11-18(17-33)12-14-32;1-14(2)12(18)15(3,4)13(14)19-10-6-5-9(8-17)11(16)7-10;1-2-19-15(18)13-3-5-14(6-4-13)16-9-7-12(11-17)8-10-16;15-9-10-5-7-14(8-6-10)12-3-1-11(2-4-12)13(16)17;1-2-12-9(11)7-3-5-8(10)6-4-7;8-5-6-1-3-7-4-2-6;/h5-10,15,18,25-26,33H,11-14,17H2,1-4H3,(H,31,34);5-10,15,17-18,25-26H,11-14H2,1-4H3,(H,31,34);5-7,12-13H,18H2,1-4H3;3-6,12,17H,2,7-11H2,1H3;1-4,10,15H,5-9H2,(H,16,17);3-6H,2H2,1H3;6-8H,1-5H2;1H. The minimum atomic E-state index is -0.893. The third-order valence-electron chi connectivity index (χ3n) is 29.8. The zero-order chi connectivity index (χ0) is 106. The van der Waals surface area contributed by atoms with Gasteiger partial charge in [0, 0.05) is 187 Å². The molecule has 8 aliphatic rings. The van der Waals surface area contributed by atoms with E-state index in [2.05, 4.69) is 131 Å². The highest BCUT2D eigenvalue weighted by atomic mass is 35.5. The van der Waals surface area contributed by atoms with Crippen LogP contribution in [-0.4, -0.2) is 203 Å². The quantitative estimate of drug-likeness (QED) is 0.0200. The van der Waals surface area contributed by atoms with E-state index in [4.69, 9.17) is 100 Å². The van der Waals surface area contributed by atoms with Crippen LogP contribution < -0.4 is 55.5 Å². The molecular formula is C114H146Cl4FN11O16. The highest BCUT2D eigenvalue weighted by molar-refractivity contribution is 6.32. The number of aromatic carboxylic acids is 1. The number of nitrogens with one attached hydrogen (secondary N) is 3. The number of halogens is 5. The lowest BCUT2D eigenvalue weighted by Crippen LogP contribution is -2.74. The lowest BCUT2D eigenvalue weighted by Gasteiger charge is -2.63. The number of amides is 2. The van der Waals surface area contributed by atoms with Gasteiger partial charge in [0.15, 0.2) is 0 Å². The molecule has 32 heteroatoms. The number of carboxylic acid groups (broad SMARTS) is 1. The van der Waals surface area contributed by atoms with E-state index >= 15 is 0 Å². The van der Waals surface area contributed by atoms with Crippen LogP contribution >= 0.6 is 47.2 Å². The van der Waals surface area contributed by atoms with Crippen molar-refractivity contribution in [1.82, 2.24) is 16.0 Å². The molecule has 8 fully saturated rings. The third-order valence-corrected chi connectivity index (χ3v) is 30.7. The second-order valence-electron chi connectivity index (χ2n) is 42.1. The molecule has 3 aliphatic carbocycles. The number of carbonyl (C=O) groups is 6. The smallest absolute Gasteiger partial charge is 0.338 e. The number of benzene rings is 8. The van der Waals surface area contributed by atoms with E-state index in [1.807, 2.05) is 91.0 Å². The Kier molecular flexibility index (Phi) is 43.8. The van der Waals surface area contributed by atoms with Gasteiger partial charge in [-0.2, -0.15) is 15.8 Å². The van der Waals surface area contributed by atoms with Crippen molar-refractivity contribution < 1.29 is 82.4 Å². The molecule has 0 bridgehead atoms. The molecule has 3 saturated carbocycles. The molecular weight excluding hydrogens is 1940 g/mol. The molecule has 0 aromatic heterocycles. The lowest BCUT2D eigenvalue weighted by molar-refractivity contribution is -0.164. The minimum Gasteiger partial charge on any atom is -0.489 e. The second kappa shape index (κ2) is 54.1. The van der Waals surface area contributed by atoms with E-state index in [0.717, 1.165) is 159 Å². The summed E-state index contributed by atoms with van der Waals surface area (Å²) in [6.45, 7) is 40.1. The number of carbonyl (C=O) groups excluding carboxylic acids is 5. The number of carboxylic acids is 1. The van der Waals surface area contributed by atoms with E-state index in [9.17, 15) is 38.3 Å². The van der Waals surface area contributed by atoms with Crippen LogP contribution in [0.4, 0.5) is 27.1 Å². The SMILES string of the molecule is CC1(C)C(N)C(C)(C)C1Oc1ccc(C#N)c(Cl)c1.CC1(C)C(NC(=O)c2ccc(N3CCC(C=O)CC3)cc2)C(C)(C)C1Oc1ccc(C#N)c(Cl)c1.CC1(C)C(NC(=O)c2ccc(N3CCC(CO)CC3)cc2)C(C)(C)C1Oc1ccc(C#N)c(Cl)c1.CCOC(=O)c1ccc(F)cc1.CCOC(=O)c1ccc(N2CCC(CO)CC2)cc1.Cl.O=C(O)c1ccc(N2CCC(CO)CC2)cc1.OCC1CCNCC1. The van der Waals surface area contributed by atoms with Crippen molar-refractivity contribution in [2.24, 2.45) is 67.8 Å². The van der Waals surface area contributed by atoms with E-state index in [-0.39, 0.29) is 131 Å². The van der Waals surface area contributed by atoms with Crippen LogP contribution in [0.5, 0.6) is 17.2 Å². The monoisotopic (exact) mass is 2080 g/mol. The summed E-state index contributed by atoms with van der Waals surface area (Å²) in [5.41, 5.74) is 13.0. The number of ether oxygens (including phenoxy) is 5. The average molecular weight is 2090 g/mol. The Morgan fingerprint density at radius 2 is 0.671 bits per heavy atom. The van der Waals surface area contributed by atoms with Gasteiger partial charge in [-0.15, -0.1) is 12.4 Å². The predicted octanol–water partition coefficient (Wildman–Crippen LogP) is 19.7. The van der Waals surface area contributed by atoms with Gasteiger partial charge in [0.2, 0.25) is 0 Å². The van der Waals surface area contributed by atoms with E-state index < -0.39 is 11.9 Å². The molecule has 5 saturated heterocycles. The molecule has 0 radical (unpaired) electrons. The number of anilines is 4. The molecule has 8 aromatic carbocycles. The highest BCUT2D eigenvalue weighted by Crippen LogP contribution is 2.58. The number of nitriles is 3. The highest BCUT2D eigenvalue weighted by Gasteiger charge is 2.66. The summed E-state index contributed by atoms with van der Waals surface area (Å²) in [6.07, 6.45) is 10.8. The van der Waals surface area contributed by atoms with Gasteiger partial charge < -0.3 is 95.3 Å². The number of hydrogen-bond donors (Lipinski definition) is 9. The Hall–Kier alpha value is -11.3. The molecule has 27 nitrogen and oxygen atoms in total. The number of esters is 2. The van der Waals surface area contributed by atoms with E-state index in [1.165, 1.54) is 24.3 Å². The molecule has 2 amide bonds. The molecule has 16 rings (SSSR count). The fourth-order valence-electron chi connectivity index (χ4n) is 21.6. The summed E-state index contributed by atoms with van der Waals surface area (Å²) >= 11 is 18.4. The summed E-state index contributed by atoms with van der Waals surface area (Å²) in [4.78, 5) is 79.6. The largest absolute Gasteiger partial charge is 0.489 e. The summed E-state index contributed by atoms with van der Waals surface area (Å²) in [7, 11) is 0. The number of hydrogen-bond acceptors (Lipinski definition) is 24. The maximum atomic E-state index is 13.1. The zero-order valence-electron chi connectivity index (χ0n) is 86.4. The van der Waals surface area contributed by atoms with Gasteiger partial charge in [-0.05, 0) is 273 Å². The molecule has 5 heterocycles. The van der Waals surface area contributed by atoms with Crippen molar-refractivity contribution in [1.29, 1.82) is 15.8 Å². The third kappa shape index (κ3) is 30.3. The average Bonchev–Trinajstić information content (AvgIpc) is 0.564. The summed E-state index contributed by atoms with van der Waals surface area (Å²) in [6, 6.07) is 56.6. The van der Waals surface area contributed by atoms with Crippen LogP contribution in [0.3, 0.4) is 0 Å². The van der Waals surface area contributed by atoms with Gasteiger partial charge in [-0.3, -0.25) is 9.59 Å². The van der Waals surface area contributed by atoms with Crippen molar-refractivity contribution in [3.63, 3.8) is 0 Å². The van der Waals surface area contributed by atoms with Crippen molar-refractivity contribution in [2.45, 2.75) is 198 Å². The Balaban J connectivity index is 0.000000198. The first-order chi connectivity index (χ1) is 69.0. The van der Waals surface area contributed by atoms with Gasteiger partial charge in [-0.1, -0.05) is 118 Å². The van der Waals surface area contributed by atoms with Crippen LogP contribution in [0.25, 0.3) is 0 Å². The van der Waals surface area contributed by atoms with Crippen LogP contribution in [0, 0.1) is 102 Å². The lowest BCUT2D eigenvalue weighted by atomic mass is 9.49. The normalized spacial score (nSPS) is 20.8. The fraction of sp³-hybridized carbons (Fsp3) is 0.500. The number of aliphatic hydroxyl groups excluding tert-OH is 4. The maximum Gasteiger partial charge on any atom is 0.338 e. The molecule has 5 aliphatic heterocycles. The van der Waals surface area contributed by atoms with Crippen molar-refractivity contribution in [2.75, 3.05) is 125 Å². The van der Waals surface area contributed by atoms with Crippen LogP contribution in [-0.2, 0) is 14.3 Å². The van der Waals surface area contributed by atoms with Crippen molar-refractivity contribution in [3.05, 3.63) is 241 Å². The van der Waals surface area contributed by atoms with Crippen molar-refractivity contribution >= 4 is 106 Å². The fourth-order valence-corrected chi connectivity index (χ4v) is 22.3. The number of nitrogens with zero attached hydrogens (tertiary/aromatic N) is 7. The first-order valence-corrected chi connectivity index (χ1v) is 51.4. The van der Waals surface area contributed by atoms with Gasteiger partial charge in [0.05, 0.1) is 61.7 Å². The summed E-state index contributed by atoms with van der Waals surface area (Å²) < 4.78 is 40.7. The molecule has 788 valence electrons. The summed E-state index contributed by atoms with van der Waals surface area (Å²) in [5.74, 6) is 1.76. The van der Waals surface area contributed by atoms with E-state index in [0.29, 0.717) is 120 Å². The van der Waals surface area contributed by atoms with Gasteiger partial charge in [-0.25, -0.2) is 18.8 Å². The first-order valence-electron chi connectivity index (χ1n) is 50.3. The Bertz CT molecular complexity index is 5680. The Labute approximate surface area is 881 Å². The molecule has 146 heavy (non-hydrogen) atoms. The number of piperidine rings is 5.